The molecule has 0 aliphatic carbocycles. The molecule has 1 atom stereocenters. The summed E-state index contributed by atoms with van der Waals surface area (Å²) in [5, 5.41) is 3.19. The number of hydrogen-bond acceptors (Lipinski definition) is 1. The molecule has 0 fully saturated rings. The normalized spacial score (nSPS) is 12.2. The van der Waals surface area contributed by atoms with E-state index in [0.29, 0.717) is 10.6 Å². The number of rotatable bonds is 4. The van der Waals surface area contributed by atoms with Gasteiger partial charge in [-0.3, -0.25) is 4.79 Å². The minimum Gasteiger partial charge on any atom is -0.342 e. The van der Waals surface area contributed by atoms with E-state index < -0.39 is 10.9 Å². The third kappa shape index (κ3) is 3.66. The largest absolute Gasteiger partial charge is 0.342 e. The molecule has 1 amide bonds. The van der Waals surface area contributed by atoms with E-state index in [0.717, 1.165) is 5.56 Å². The molecular formula is C15H12Cl3NO. The van der Waals surface area contributed by atoms with E-state index in [1.165, 1.54) is 0 Å². The predicted molar refractivity (Wildman–Crippen MR) is 83.6 cm³/mol. The fourth-order valence-electron chi connectivity index (χ4n) is 1.82. The van der Waals surface area contributed by atoms with Gasteiger partial charge in [-0.05, 0) is 17.7 Å². The third-order valence-electron chi connectivity index (χ3n) is 2.82. The van der Waals surface area contributed by atoms with Crippen LogP contribution in [0.1, 0.15) is 22.0 Å². The fourth-order valence-corrected chi connectivity index (χ4v) is 2.46. The van der Waals surface area contributed by atoms with Crippen LogP contribution in [0.2, 0.25) is 5.02 Å². The highest BCUT2D eigenvalue weighted by molar-refractivity contribution is 6.44. The highest BCUT2D eigenvalue weighted by atomic mass is 35.5. The van der Waals surface area contributed by atoms with Gasteiger partial charge in [-0.15, -0.1) is 23.2 Å². The van der Waals surface area contributed by atoms with E-state index in [9.17, 15) is 4.79 Å². The Bertz CT molecular complexity index is 587. The second-order valence-electron chi connectivity index (χ2n) is 4.18. The van der Waals surface area contributed by atoms with Crippen LogP contribution in [0, 0.1) is 0 Å². The molecule has 0 radical (unpaired) electrons. The lowest BCUT2D eigenvalue weighted by Gasteiger charge is -2.20. The van der Waals surface area contributed by atoms with Gasteiger partial charge >= 0.3 is 0 Å². The topological polar surface area (TPSA) is 29.1 Å². The van der Waals surface area contributed by atoms with Crippen LogP contribution < -0.4 is 5.32 Å². The lowest BCUT2D eigenvalue weighted by Crippen LogP contribution is -2.32. The number of alkyl halides is 2. The highest BCUT2D eigenvalue weighted by Crippen LogP contribution is 2.25. The molecule has 2 rings (SSSR count). The zero-order valence-electron chi connectivity index (χ0n) is 10.4. The summed E-state index contributed by atoms with van der Waals surface area (Å²) in [5.41, 5.74) is 1.23. The van der Waals surface area contributed by atoms with Crippen molar-refractivity contribution < 1.29 is 4.79 Å². The molecule has 1 N–H and O–H groups in total. The molecule has 0 bridgehead atoms. The summed E-state index contributed by atoms with van der Waals surface area (Å²) in [6, 6.07) is 15.6. The van der Waals surface area contributed by atoms with Gasteiger partial charge in [0.15, 0.2) is 0 Å². The van der Waals surface area contributed by atoms with Crippen LogP contribution >= 0.6 is 34.8 Å². The van der Waals surface area contributed by atoms with Gasteiger partial charge in [0.2, 0.25) is 0 Å². The summed E-state index contributed by atoms with van der Waals surface area (Å²) < 4.78 is 0. The van der Waals surface area contributed by atoms with Gasteiger partial charge in [-0.1, -0.05) is 54.1 Å². The minimum absolute atomic E-state index is 0.309. The number of carbonyl (C=O) groups is 1. The first kappa shape index (κ1) is 15.2. The van der Waals surface area contributed by atoms with Crippen molar-refractivity contribution in [2.75, 3.05) is 0 Å². The first-order chi connectivity index (χ1) is 9.59. The number of halogens is 3. The van der Waals surface area contributed by atoms with Crippen LogP contribution in [0.15, 0.2) is 54.6 Å². The average molecular weight is 329 g/mol. The molecule has 0 saturated carbocycles. The van der Waals surface area contributed by atoms with Gasteiger partial charge in [-0.2, -0.15) is 0 Å². The van der Waals surface area contributed by atoms with E-state index in [2.05, 4.69) is 5.32 Å². The molecule has 1 unspecified atom stereocenters. The van der Waals surface area contributed by atoms with Crippen molar-refractivity contribution in [3.05, 3.63) is 70.7 Å². The zero-order valence-corrected chi connectivity index (χ0v) is 12.7. The Morgan fingerprint density at radius 1 is 0.950 bits per heavy atom. The Hall–Kier alpha value is -1.22. The Kier molecular flexibility index (Phi) is 5.30. The van der Waals surface area contributed by atoms with E-state index in [1.807, 2.05) is 30.3 Å². The summed E-state index contributed by atoms with van der Waals surface area (Å²) in [4.78, 5) is 11.5. The maximum absolute atomic E-state index is 12.2. The lowest BCUT2D eigenvalue weighted by molar-refractivity contribution is 0.0939. The van der Waals surface area contributed by atoms with Crippen LogP contribution in [0.25, 0.3) is 0 Å². The van der Waals surface area contributed by atoms with Gasteiger partial charge in [0, 0.05) is 0 Å². The minimum atomic E-state index is -0.760. The highest BCUT2D eigenvalue weighted by Gasteiger charge is 2.22. The molecule has 20 heavy (non-hydrogen) atoms. The predicted octanol–water partition coefficient (Wildman–Crippen LogP) is 4.61. The summed E-state index contributed by atoms with van der Waals surface area (Å²) in [5.74, 6) is -0.309. The van der Waals surface area contributed by atoms with Crippen LogP contribution in [0.3, 0.4) is 0 Å². The molecule has 2 nitrogen and oxygen atoms in total. The Morgan fingerprint density at radius 3 is 2.15 bits per heavy atom. The quantitative estimate of drug-likeness (QED) is 0.816. The van der Waals surface area contributed by atoms with Crippen LogP contribution in [0.4, 0.5) is 0 Å². The molecule has 0 aromatic heterocycles. The van der Waals surface area contributed by atoms with Crippen molar-refractivity contribution in [2.24, 2.45) is 0 Å². The summed E-state index contributed by atoms with van der Waals surface area (Å²) >= 11 is 17.9. The van der Waals surface area contributed by atoms with Crippen LogP contribution in [-0.4, -0.2) is 10.7 Å². The standard InChI is InChI=1S/C15H12Cl3NO/c16-12-9-5-4-8-11(12)15(20)19-13(14(17)18)10-6-2-1-3-7-10/h1-9,13-14H,(H,19,20). The Morgan fingerprint density at radius 2 is 1.55 bits per heavy atom. The average Bonchev–Trinajstić information content (AvgIpc) is 2.45. The second kappa shape index (κ2) is 6.98. The molecule has 2 aromatic rings. The van der Waals surface area contributed by atoms with Crippen molar-refractivity contribution in [3.8, 4) is 0 Å². The van der Waals surface area contributed by atoms with Crippen molar-refractivity contribution in [1.29, 1.82) is 0 Å². The smallest absolute Gasteiger partial charge is 0.253 e. The molecule has 0 aliphatic rings. The SMILES string of the molecule is O=C(NC(c1ccccc1)C(Cl)Cl)c1ccccc1Cl. The molecular weight excluding hydrogens is 317 g/mol. The Labute approximate surface area is 132 Å². The number of hydrogen-bond donors (Lipinski definition) is 1. The van der Waals surface area contributed by atoms with Crippen molar-refractivity contribution in [3.63, 3.8) is 0 Å². The van der Waals surface area contributed by atoms with Crippen molar-refractivity contribution in [2.45, 2.75) is 10.9 Å². The molecule has 5 heteroatoms. The third-order valence-corrected chi connectivity index (χ3v) is 3.65. The molecule has 0 saturated heterocycles. The number of nitrogens with one attached hydrogen (secondary N) is 1. The second-order valence-corrected chi connectivity index (χ2v) is 5.75. The maximum Gasteiger partial charge on any atom is 0.253 e. The molecule has 2 aromatic carbocycles. The van der Waals surface area contributed by atoms with E-state index in [-0.39, 0.29) is 5.91 Å². The van der Waals surface area contributed by atoms with Crippen LogP contribution in [-0.2, 0) is 0 Å². The summed E-state index contributed by atoms with van der Waals surface area (Å²) in [7, 11) is 0. The molecule has 0 spiro atoms. The molecule has 104 valence electrons. The number of amides is 1. The van der Waals surface area contributed by atoms with Gasteiger partial charge in [0.25, 0.3) is 5.91 Å². The van der Waals surface area contributed by atoms with Gasteiger partial charge < -0.3 is 5.32 Å². The fraction of sp³-hybridized carbons (Fsp3) is 0.133. The van der Waals surface area contributed by atoms with E-state index in [4.69, 9.17) is 34.8 Å². The van der Waals surface area contributed by atoms with E-state index >= 15 is 0 Å². The zero-order chi connectivity index (χ0) is 14.5. The first-order valence-electron chi connectivity index (χ1n) is 5.98. The summed E-state index contributed by atoms with van der Waals surface area (Å²) in [6.45, 7) is 0. The number of carbonyl (C=O) groups excluding carboxylic acids is 1. The first-order valence-corrected chi connectivity index (χ1v) is 7.23. The van der Waals surface area contributed by atoms with Gasteiger partial charge in [-0.25, -0.2) is 0 Å². The van der Waals surface area contributed by atoms with Gasteiger partial charge in [0.1, 0.15) is 4.84 Å². The van der Waals surface area contributed by atoms with Gasteiger partial charge in [0.05, 0.1) is 16.6 Å². The van der Waals surface area contributed by atoms with E-state index in [1.54, 1.807) is 24.3 Å². The molecule has 0 heterocycles. The molecule has 0 aliphatic heterocycles. The monoisotopic (exact) mass is 327 g/mol. The van der Waals surface area contributed by atoms with Crippen LogP contribution in [0.5, 0.6) is 0 Å². The maximum atomic E-state index is 12.2. The summed E-state index contributed by atoms with van der Waals surface area (Å²) in [6.07, 6.45) is 0. The van der Waals surface area contributed by atoms with Crippen molar-refractivity contribution in [1.82, 2.24) is 5.32 Å². The number of benzene rings is 2. The lowest BCUT2D eigenvalue weighted by atomic mass is 10.1. The van der Waals surface area contributed by atoms with Crippen molar-refractivity contribution >= 4 is 40.7 Å². The Balaban J connectivity index is 2.22.